The van der Waals surface area contributed by atoms with E-state index in [1.807, 2.05) is 11.8 Å². The van der Waals surface area contributed by atoms with E-state index in [1.165, 1.54) is 20.1 Å². The maximum Gasteiger partial charge on any atom is 0.303 e. The van der Waals surface area contributed by atoms with Gasteiger partial charge >= 0.3 is 5.69 Å². The molecule has 0 saturated carbocycles. The molecule has 1 amide bonds. The minimum Gasteiger partial charge on any atom is -0.494 e. The van der Waals surface area contributed by atoms with Gasteiger partial charge in [-0.2, -0.15) is 10.5 Å². The number of azo groups is 1. The Labute approximate surface area is 209 Å². The van der Waals surface area contributed by atoms with Crippen molar-refractivity contribution in [1.82, 2.24) is 0 Å². The number of anilines is 2. The molecule has 0 aliphatic carbocycles. The van der Waals surface area contributed by atoms with Gasteiger partial charge in [0.25, 0.3) is 5.69 Å². The summed E-state index contributed by atoms with van der Waals surface area (Å²) in [4.78, 5) is 34.7. The summed E-state index contributed by atoms with van der Waals surface area (Å²) in [5, 5.41) is 53.0. The Hall–Kier alpha value is -4.76. The van der Waals surface area contributed by atoms with E-state index in [9.17, 15) is 25.0 Å². The van der Waals surface area contributed by atoms with E-state index < -0.39 is 27.1 Å². The number of nitro groups is 2. The molecule has 0 aliphatic rings. The van der Waals surface area contributed by atoms with Crippen LogP contribution in [0.4, 0.5) is 34.1 Å². The molecule has 2 aromatic carbocycles. The Bertz CT molecular complexity index is 1300. The van der Waals surface area contributed by atoms with Gasteiger partial charge in [-0.1, -0.05) is 0 Å². The third kappa shape index (κ3) is 6.64. The lowest BCUT2D eigenvalue weighted by Gasteiger charge is -2.25. The van der Waals surface area contributed by atoms with Crippen molar-refractivity contribution in [3.05, 3.63) is 44.5 Å². The highest BCUT2D eigenvalue weighted by Gasteiger charge is 2.25. The summed E-state index contributed by atoms with van der Waals surface area (Å²) in [6, 6.07) is 6.85. The van der Waals surface area contributed by atoms with Crippen molar-refractivity contribution in [3.63, 3.8) is 0 Å². The number of nitrogens with zero attached hydrogens (tertiary/aromatic N) is 7. The molecule has 186 valence electrons. The fourth-order valence-electron chi connectivity index (χ4n) is 3.13. The van der Waals surface area contributed by atoms with Crippen molar-refractivity contribution >= 4 is 51.8 Å². The first-order chi connectivity index (χ1) is 17.2. The number of hydrogen-bond donors (Lipinski definition) is 1. The van der Waals surface area contributed by atoms with Crippen molar-refractivity contribution < 1.29 is 19.4 Å². The minimum absolute atomic E-state index is 0.0873. The highest BCUT2D eigenvalue weighted by Crippen LogP contribution is 2.42. The number of benzene rings is 2. The second kappa shape index (κ2) is 12.6. The zero-order valence-electron chi connectivity index (χ0n) is 19.4. The van der Waals surface area contributed by atoms with Crippen LogP contribution in [0.1, 0.15) is 20.3 Å². The summed E-state index contributed by atoms with van der Waals surface area (Å²) in [5.41, 5.74) is -0.755. The van der Waals surface area contributed by atoms with Crippen molar-refractivity contribution in [3.8, 4) is 17.2 Å². The van der Waals surface area contributed by atoms with Gasteiger partial charge in [0.15, 0.2) is 5.69 Å². The number of thioether (sulfide) groups is 1. The topological polar surface area (TPSA) is 200 Å². The Morgan fingerprint density at radius 2 is 1.81 bits per heavy atom. The van der Waals surface area contributed by atoms with Crippen LogP contribution >= 0.6 is 11.8 Å². The molecular formula is C21H20N8O6S. The third-order valence-corrected chi connectivity index (χ3v) is 5.33. The summed E-state index contributed by atoms with van der Waals surface area (Å²) < 4.78 is 5.45. The number of amides is 1. The Morgan fingerprint density at radius 3 is 2.33 bits per heavy atom. The molecule has 0 atom stereocenters. The molecule has 0 fully saturated rings. The van der Waals surface area contributed by atoms with Crippen LogP contribution in [0, 0.1) is 42.2 Å². The molecule has 0 radical (unpaired) electrons. The smallest absolute Gasteiger partial charge is 0.303 e. The maximum absolute atomic E-state index is 11.8. The average Bonchev–Trinajstić information content (AvgIpc) is 2.83. The van der Waals surface area contributed by atoms with Gasteiger partial charge in [-0.05, 0) is 30.8 Å². The quantitative estimate of drug-likeness (QED) is 0.137. The second-order valence-electron chi connectivity index (χ2n) is 6.93. The van der Waals surface area contributed by atoms with Crippen LogP contribution in [0.2, 0.25) is 0 Å². The van der Waals surface area contributed by atoms with Gasteiger partial charge in [0.05, 0.1) is 46.9 Å². The number of carbonyl (C=O) groups excluding carboxylic acids is 1. The van der Waals surface area contributed by atoms with Crippen LogP contribution in [0.3, 0.4) is 0 Å². The lowest BCUT2D eigenvalue weighted by atomic mass is 10.2. The van der Waals surface area contributed by atoms with Gasteiger partial charge in [0, 0.05) is 26.1 Å². The zero-order chi connectivity index (χ0) is 26.8. The molecular weight excluding hydrogens is 492 g/mol. The number of methoxy groups -OCH3 is 1. The Balaban J connectivity index is 2.69. The number of carbonyl (C=O) groups is 1. The van der Waals surface area contributed by atoms with E-state index in [1.54, 1.807) is 11.5 Å². The van der Waals surface area contributed by atoms with Gasteiger partial charge in [-0.3, -0.25) is 25.0 Å². The molecule has 0 bridgehead atoms. The van der Waals surface area contributed by atoms with Crippen molar-refractivity contribution in [2.45, 2.75) is 25.2 Å². The first kappa shape index (κ1) is 27.5. The van der Waals surface area contributed by atoms with Crippen molar-refractivity contribution in [1.29, 1.82) is 10.5 Å². The molecule has 2 rings (SSSR count). The maximum atomic E-state index is 11.8. The molecule has 0 saturated heterocycles. The fraction of sp³-hybridized carbons (Fsp3) is 0.286. The van der Waals surface area contributed by atoms with E-state index in [0.29, 0.717) is 42.4 Å². The van der Waals surface area contributed by atoms with Crippen molar-refractivity contribution in [2.75, 3.05) is 30.4 Å². The molecule has 36 heavy (non-hydrogen) atoms. The predicted molar refractivity (Wildman–Crippen MR) is 131 cm³/mol. The molecule has 0 aliphatic heterocycles. The van der Waals surface area contributed by atoms with E-state index in [4.69, 9.17) is 15.3 Å². The van der Waals surface area contributed by atoms with Gasteiger partial charge < -0.3 is 15.0 Å². The summed E-state index contributed by atoms with van der Waals surface area (Å²) in [5.74, 6) is -0.0755. The first-order valence-corrected chi connectivity index (χ1v) is 11.0. The highest BCUT2D eigenvalue weighted by molar-refractivity contribution is 8.03. The number of rotatable bonds is 11. The van der Waals surface area contributed by atoms with Gasteiger partial charge in [0.2, 0.25) is 5.91 Å². The molecule has 0 unspecified atom stereocenters. The van der Waals surface area contributed by atoms with E-state index >= 15 is 0 Å². The van der Waals surface area contributed by atoms with Gasteiger partial charge in [-0.25, -0.2) is 0 Å². The molecule has 0 aromatic heterocycles. The number of ether oxygens (including phenoxy) is 1. The first-order valence-electron chi connectivity index (χ1n) is 10.2. The molecule has 14 nitrogen and oxygen atoms in total. The standard InChI is InChI=1S/C21H20N8O6S/c1-4-27(7-5-6-22)18-8-14(24-13(2)30)15(9-20(18)35-3)25-26-16-10-21(36-12-23)19(29(33)34)11-17(16)28(31)32/h8-11H,4-5,7H2,1-3H3,(H,24,30). The average molecular weight is 513 g/mol. The zero-order valence-corrected chi connectivity index (χ0v) is 20.2. The van der Waals surface area contributed by atoms with Crippen LogP contribution in [0.15, 0.2) is 39.4 Å². The lowest BCUT2D eigenvalue weighted by Crippen LogP contribution is -2.24. The van der Waals surface area contributed by atoms with E-state index in [0.717, 1.165) is 6.07 Å². The Kier molecular flexibility index (Phi) is 9.64. The molecule has 2 aromatic rings. The predicted octanol–water partition coefficient (Wildman–Crippen LogP) is 5.20. The summed E-state index contributed by atoms with van der Waals surface area (Å²) in [6.07, 6.45) is 0.251. The summed E-state index contributed by atoms with van der Waals surface area (Å²) in [6.45, 7) is 4.10. The number of hydrogen-bond acceptors (Lipinski definition) is 12. The van der Waals surface area contributed by atoms with Crippen molar-refractivity contribution in [2.24, 2.45) is 10.2 Å². The van der Waals surface area contributed by atoms with Crippen LogP contribution in [-0.4, -0.2) is 36.0 Å². The normalized spacial score (nSPS) is 10.4. The number of nitro benzene ring substituents is 2. The summed E-state index contributed by atoms with van der Waals surface area (Å²) >= 11 is 0.452. The number of thiocyanates is 1. The largest absolute Gasteiger partial charge is 0.494 e. The van der Waals surface area contributed by atoms with Gasteiger partial charge in [0.1, 0.15) is 21.7 Å². The fourth-order valence-corrected chi connectivity index (χ4v) is 3.64. The van der Waals surface area contributed by atoms with E-state index in [-0.39, 0.29) is 28.4 Å². The third-order valence-electron chi connectivity index (χ3n) is 4.69. The van der Waals surface area contributed by atoms with Gasteiger partial charge in [-0.15, -0.1) is 10.2 Å². The van der Waals surface area contributed by atoms with Crippen LogP contribution < -0.4 is 15.0 Å². The number of nitrogens with one attached hydrogen (secondary N) is 1. The van der Waals surface area contributed by atoms with Crippen LogP contribution in [0.25, 0.3) is 0 Å². The lowest BCUT2D eigenvalue weighted by molar-refractivity contribution is -0.395. The molecule has 15 heteroatoms. The monoisotopic (exact) mass is 512 g/mol. The highest BCUT2D eigenvalue weighted by atomic mass is 32.2. The van der Waals surface area contributed by atoms with Crippen LogP contribution in [-0.2, 0) is 4.79 Å². The molecule has 0 spiro atoms. The molecule has 0 heterocycles. The number of nitriles is 2. The SMILES string of the molecule is CCN(CCC#N)c1cc(NC(C)=O)c(N=Nc2cc(SC#N)c([N+](=O)[O-])cc2[N+](=O)[O-])cc1OC. The van der Waals surface area contributed by atoms with Crippen LogP contribution in [0.5, 0.6) is 5.75 Å². The summed E-state index contributed by atoms with van der Waals surface area (Å²) in [7, 11) is 1.42. The minimum atomic E-state index is -0.852. The second-order valence-corrected chi connectivity index (χ2v) is 7.75. The Morgan fingerprint density at radius 1 is 1.14 bits per heavy atom. The molecule has 1 N–H and O–H groups in total. The van der Waals surface area contributed by atoms with E-state index in [2.05, 4.69) is 21.6 Å².